The van der Waals surface area contributed by atoms with Gasteiger partial charge in [-0.05, 0) is 0 Å². The molecule has 0 N–H and O–H groups in total. The first-order chi connectivity index (χ1) is 7.92. The van der Waals surface area contributed by atoms with Gasteiger partial charge in [-0.25, -0.2) is 0 Å². The van der Waals surface area contributed by atoms with Crippen molar-refractivity contribution in [3.05, 3.63) is 47.6 Å². The molecule has 0 spiro atoms. The third kappa shape index (κ3) is 3.29. The van der Waals surface area contributed by atoms with Crippen LogP contribution in [0.5, 0.6) is 0 Å². The van der Waals surface area contributed by atoms with Gasteiger partial charge in [0.2, 0.25) is 0 Å². The van der Waals surface area contributed by atoms with Crippen LogP contribution in [0, 0.1) is 5.92 Å². The van der Waals surface area contributed by atoms with Crippen LogP contribution in [0.2, 0.25) is 0 Å². The molecule has 0 aliphatic heterocycles. The molecule has 0 heterocycles. The predicted molar refractivity (Wildman–Crippen MR) is 63.6 cm³/mol. The average molecular weight is 314 g/mol. The van der Waals surface area contributed by atoms with Crippen LogP contribution < -0.4 is 0 Å². The predicted octanol–water partition coefficient (Wildman–Crippen LogP) is 3.93. The standard InChI is InChI=1S/C13H15O.ClH.Zr/c14-10-9-13(11-5-1-2-6-11)12-7-3-4-8-12;;/h1-5,7,13H,6,8-10H2;1H;/q-1;;+2/p-1. The molecule has 2 rings (SSSR count). The molecule has 3 heteroatoms. The van der Waals surface area contributed by atoms with Gasteiger partial charge in [-0.15, -0.1) is 0 Å². The Labute approximate surface area is 113 Å². The second kappa shape index (κ2) is 6.74. The summed E-state index contributed by atoms with van der Waals surface area (Å²) >= 11 is -1.01. The molecule has 0 saturated carbocycles. The van der Waals surface area contributed by atoms with E-state index < -0.39 is 22.5 Å². The van der Waals surface area contributed by atoms with E-state index in [2.05, 4.69) is 36.5 Å². The fourth-order valence-electron chi connectivity index (χ4n) is 2.27. The first-order valence-corrected chi connectivity index (χ1v) is 9.77. The van der Waals surface area contributed by atoms with Crippen molar-refractivity contribution in [2.45, 2.75) is 19.3 Å². The van der Waals surface area contributed by atoms with Gasteiger partial charge in [-0.3, -0.25) is 0 Å². The monoisotopic (exact) mass is 312 g/mol. The molecule has 0 bridgehead atoms. The molecule has 0 aromatic rings. The van der Waals surface area contributed by atoms with E-state index in [1.54, 1.807) is 0 Å². The summed E-state index contributed by atoms with van der Waals surface area (Å²) in [6.07, 6.45) is 16.6. The van der Waals surface area contributed by atoms with E-state index in [1.165, 1.54) is 11.1 Å². The van der Waals surface area contributed by atoms with Crippen molar-refractivity contribution in [2.75, 3.05) is 6.61 Å². The van der Waals surface area contributed by atoms with Crippen molar-refractivity contribution in [2.24, 2.45) is 5.92 Å². The fourth-order valence-corrected chi connectivity index (χ4v) is 3.20. The summed E-state index contributed by atoms with van der Waals surface area (Å²) in [5.74, 6) is 0.563. The molecule has 0 aromatic heterocycles. The zero-order chi connectivity index (χ0) is 11.2. The summed E-state index contributed by atoms with van der Waals surface area (Å²) in [4.78, 5) is 0. The zero-order valence-corrected chi connectivity index (χ0v) is 12.4. The minimum absolute atomic E-state index is 0.563. The topological polar surface area (TPSA) is 9.23 Å². The second-order valence-electron chi connectivity index (χ2n) is 4.01. The van der Waals surface area contributed by atoms with E-state index >= 15 is 0 Å². The van der Waals surface area contributed by atoms with Crippen LogP contribution in [0.15, 0.2) is 47.6 Å². The summed E-state index contributed by atoms with van der Waals surface area (Å²) in [5, 5.41) is 0. The molecule has 2 aliphatic carbocycles. The van der Waals surface area contributed by atoms with Crippen LogP contribution in [-0.4, -0.2) is 6.61 Å². The summed E-state index contributed by atoms with van der Waals surface area (Å²) in [6, 6.07) is 0. The van der Waals surface area contributed by atoms with Crippen LogP contribution in [0.1, 0.15) is 19.3 Å². The van der Waals surface area contributed by atoms with E-state index in [4.69, 9.17) is 11.3 Å². The third-order valence-electron chi connectivity index (χ3n) is 3.06. The molecule has 0 unspecified atom stereocenters. The Balaban J connectivity index is 1.96. The minimum atomic E-state index is -1.01. The molecule has 84 valence electrons. The van der Waals surface area contributed by atoms with Crippen LogP contribution >= 0.6 is 8.51 Å². The van der Waals surface area contributed by atoms with Gasteiger partial charge in [0.15, 0.2) is 0 Å². The van der Waals surface area contributed by atoms with Gasteiger partial charge in [0.25, 0.3) is 0 Å². The first-order valence-electron chi connectivity index (χ1n) is 5.60. The summed E-state index contributed by atoms with van der Waals surface area (Å²) in [5.41, 5.74) is 3.05. The molecule has 0 fully saturated rings. The van der Waals surface area contributed by atoms with Gasteiger partial charge in [0.05, 0.1) is 0 Å². The van der Waals surface area contributed by atoms with Crippen LogP contribution in [-0.2, 0) is 25.3 Å². The van der Waals surface area contributed by atoms with Gasteiger partial charge in [-0.2, -0.15) is 0 Å². The molecule has 0 aromatic carbocycles. The molecule has 16 heavy (non-hydrogen) atoms. The van der Waals surface area contributed by atoms with E-state index in [9.17, 15) is 0 Å². The number of allylic oxidation sites excluding steroid dienone is 8. The van der Waals surface area contributed by atoms with Crippen molar-refractivity contribution in [1.82, 2.24) is 0 Å². The Morgan fingerprint density at radius 3 is 2.25 bits per heavy atom. The molecular weight excluding hydrogens is 299 g/mol. The quantitative estimate of drug-likeness (QED) is 0.675. The number of hydrogen-bond acceptors (Lipinski definition) is 1. The molecule has 2 aliphatic rings. The van der Waals surface area contributed by atoms with Gasteiger partial charge < -0.3 is 0 Å². The van der Waals surface area contributed by atoms with Crippen LogP contribution in [0.25, 0.3) is 0 Å². The third-order valence-corrected chi connectivity index (χ3v) is 4.47. The Morgan fingerprint density at radius 1 is 1.19 bits per heavy atom. The van der Waals surface area contributed by atoms with Crippen molar-refractivity contribution in [1.29, 1.82) is 0 Å². The number of rotatable bonds is 6. The van der Waals surface area contributed by atoms with Gasteiger partial charge in [0.1, 0.15) is 0 Å². The molecule has 1 nitrogen and oxygen atoms in total. The van der Waals surface area contributed by atoms with Gasteiger partial charge in [-0.1, -0.05) is 0 Å². The Bertz CT molecular complexity index is 325. The zero-order valence-electron chi connectivity index (χ0n) is 9.16. The Hall–Kier alpha value is 0.0931. The summed E-state index contributed by atoms with van der Waals surface area (Å²) < 4.78 is 5.42. The Morgan fingerprint density at radius 2 is 1.81 bits per heavy atom. The Kier molecular flexibility index (Phi) is 5.28. The van der Waals surface area contributed by atoms with E-state index in [0.717, 1.165) is 25.9 Å². The summed E-state index contributed by atoms with van der Waals surface area (Å²) in [6.45, 7) is 0.814. The van der Waals surface area contributed by atoms with Crippen molar-refractivity contribution in [3.8, 4) is 0 Å². The van der Waals surface area contributed by atoms with Crippen molar-refractivity contribution < 1.29 is 25.3 Å². The molecule has 0 atom stereocenters. The van der Waals surface area contributed by atoms with E-state index in [1.807, 2.05) is 0 Å². The van der Waals surface area contributed by atoms with Crippen molar-refractivity contribution in [3.63, 3.8) is 0 Å². The molecule has 0 amide bonds. The van der Waals surface area contributed by atoms with E-state index in [-0.39, 0.29) is 0 Å². The molecular formula is C13H15ClOZr. The molecule has 0 radical (unpaired) electrons. The first kappa shape index (κ1) is 12.5. The fraction of sp³-hybridized carbons (Fsp3) is 0.385. The summed E-state index contributed by atoms with van der Waals surface area (Å²) in [7, 11) is 5.70. The number of halogens is 1. The van der Waals surface area contributed by atoms with Crippen molar-refractivity contribution >= 4 is 8.51 Å². The SMILES string of the molecule is [Cl][Zr][O]CCC(C1=CC=CC1)C1=CC=CC1. The van der Waals surface area contributed by atoms with Gasteiger partial charge in [0, 0.05) is 0 Å². The van der Waals surface area contributed by atoms with Crippen LogP contribution in [0.4, 0.5) is 0 Å². The van der Waals surface area contributed by atoms with Gasteiger partial charge >= 0.3 is 113 Å². The van der Waals surface area contributed by atoms with Crippen LogP contribution in [0.3, 0.4) is 0 Å². The second-order valence-corrected chi connectivity index (χ2v) is 6.02. The average Bonchev–Trinajstić information content (AvgIpc) is 2.97. The normalized spacial score (nSPS) is 18.1. The number of hydrogen-bond donors (Lipinski definition) is 0. The maximum atomic E-state index is 5.70. The molecule has 0 saturated heterocycles. The maximum absolute atomic E-state index is 5.70. The van der Waals surface area contributed by atoms with E-state index in [0.29, 0.717) is 5.92 Å².